The summed E-state index contributed by atoms with van der Waals surface area (Å²) in [4.78, 5) is 0. The van der Waals surface area contributed by atoms with Gasteiger partial charge in [0.15, 0.2) is 23.0 Å². The maximum absolute atomic E-state index is 9.97. The first-order valence-corrected chi connectivity index (χ1v) is 8.18. The van der Waals surface area contributed by atoms with Gasteiger partial charge in [0.25, 0.3) is 0 Å². The standard InChI is InChI=1S/C19H25NO6/c1-24-16-8-12(9-17(25-2)19(16)26-3)6-7-20-10-14-13(11-21)4-5-15(22)18(14)23/h4-5,8-9,20-23H,6-7,10-11H2,1-3H3. The molecule has 7 nitrogen and oxygen atoms in total. The monoisotopic (exact) mass is 363 g/mol. The van der Waals surface area contributed by atoms with Gasteiger partial charge in [-0.3, -0.25) is 0 Å². The third-order valence-corrected chi connectivity index (χ3v) is 4.15. The molecule has 0 bridgehead atoms. The Morgan fingerprint density at radius 2 is 1.62 bits per heavy atom. The van der Waals surface area contributed by atoms with E-state index in [-0.39, 0.29) is 18.1 Å². The average Bonchev–Trinajstić information content (AvgIpc) is 2.67. The Labute approximate surface area is 152 Å². The topological polar surface area (TPSA) is 100 Å². The molecule has 142 valence electrons. The number of aliphatic hydroxyl groups is 1. The molecule has 2 rings (SSSR count). The molecule has 7 heteroatoms. The van der Waals surface area contributed by atoms with Gasteiger partial charge in [-0.15, -0.1) is 0 Å². The molecule has 0 aliphatic carbocycles. The summed E-state index contributed by atoms with van der Waals surface area (Å²) in [5, 5.41) is 32.2. The van der Waals surface area contributed by atoms with Gasteiger partial charge in [0, 0.05) is 12.1 Å². The fourth-order valence-corrected chi connectivity index (χ4v) is 2.74. The van der Waals surface area contributed by atoms with E-state index in [0.717, 1.165) is 5.56 Å². The Balaban J connectivity index is 2.04. The fraction of sp³-hybridized carbons (Fsp3) is 0.368. The van der Waals surface area contributed by atoms with E-state index >= 15 is 0 Å². The van der Waals surface area contributed by atoms with E-state index < -0.39 is 0 Å². The lowest BCUT2D eigenvalue weighted by molar-refractivity contribution is 0.278. The molecule has 0 heterocycles. The minimum atomic E-state index is -0.211. The lowest BCUT2D eigenvalue weighted by Gasteiger charge is -2.15. The van der Waals surface area contributed by atoms with E-state index in [1.54, 1.807) is 27.4 Å². The summed E-state index contributed by atoms with van der Waals surface area (Å²) < 4.78 is 16.0. The van der Waals surface area contributed by atoms with Gasteiger partial charge in [0.05, 0.1) is 27.9 Å². The van der Waals surface area contributed by atoms with Crippen LogP contribution in [0.15, 0.2) is 24.3 Å². The van der Waals surface area contributed by atoms with Gasteiger partial charge in [-0.05, 0) is 42.3 Å². The van der Waals surface area contributed by atoms with Crippen LogP contribution in [0.1, 0.15) is 16.7 Å². The molecule has 0 aromatic heterocycles. The molecule has 0 fully saturated rings. The van der Waals surface area contributed by atoms with Crippen LogP contribution in [0.3, 0.4) is 0 Å². The molecule has 0 atom stereocenters. The molecular formula is C19H25NO6. The van der Waals surface area contributed by atoms with E-state index in [9.17, 15) is 15.3 Å². The quantitative estimate of drug-likeness (QED) is 0.399. The van der Waals surface area contributed by atoms with Gasteiger partial charge in [0.2, 0.25) is 5.75 Å². The third-order valence-electron chi connectivity index (χ3n) is 4.15. The Kier molecular flexibility index (Phi) is 6.94. The molecule has 0 amide bonds. The van der Waals surface area contributed by atoms with Gasteiger partial charge in [-0.25, -0.2) is 0 Å². The minimum absolute atomic E-state index is 0.205. The summed E-state index contributed by atoms with van der Waals surface area (Å²) in [5.41, 5.74) is 2.05. The Morgan fingerprint density at radius 3 is 2.15 bits per heavy atom. The molecule has 2 aromatic rings. The summed E-state index contributed by atoms with van der Waals surface area (Å²) in [6.45, 7) is 0.719. The Hall–Kier alpha value is -2.64. The number of methoxy groups -OCH3 is 3. The number of hydrogen-bond acceptors (Lipinski definition) is 7. The van der Waals surface area contributed by atoms with Crippen LogP contribution < -0.4 is 19.5 Å². The van der Waals surface area contributed by atoms with Crippen molar-refractivity contribution in [2.24, 2.45) is 0 Å². The molecule has 0 unspecified atom stereocenters. The number of rotatable bonds is 9. The summed E-state index contributed by atoms with van der Waals surface area (Å²) >= 11 is 0. The lowest BCUT2D eigenvalue weighted by atomic mass is 10.1. The van der Waals surface area contributed by atoms with Crippen molar-refractivity contribution in [2.45, 2.75) is 19.6 Å². The number of phenolic OH excluding ortho intramolecular Hbond substituents is 2. The molecule has 0 aliphatic rings. The SMILES string of the molecule is COc1cc(CCNCc2c(CO)ccc(O)c2O)cc(OC)c1OC. The maximum atomic E-state index is 9.97. The summed E-state index contributed by atoms with van der Waals surface area (Å²) in [7, 11) is 4.70. The highest BCUT2D eigenvalue weighted by Gasteiger charge is 2.14. The van der Waals surface area contributed by atoms with Gasteiger partial charge in [0.1, 0.15) is 0 Å². The first kappa shape index (κ1) is 19.7. The van der Waals surface area contributed by atoms with E-state index in [1.807, 2.05) is 12.1 Å². The first-order chi connectivity index (χ1) is 12.5. The van der Waals surface area contributed by atoms with Gasteiger partial charge >= 0.3 is 0 Å². The van der Waals surface area contributed by atoms with Crippen molar-refractivity contribution < 1.29 is 29.5 Å². The smallest absolute Gasteiger partial charge is 0.203 e. The van der Waals surface area contributed by atoms with Gasteiger partial charge in [-0.1, -0.05) is 6.07 Å². The number of nitrogens with one attached hydrogen (secondary N) is 1. The highest BCUT2D eigenvalue weighted by atomic mass is 16.5. The Bertz CT molecular complexity index is 722. The largest absolute Gasteiger partial charge is 0.504 e. The van der Waals surface area contributed by atoms with Crippen molar-refractivity contribution in [1.29, 1.82) is 0 Å². The van der Waals surface area contributed by atoms with Gasteiger partial charge in [-0.2, -0.15) is 0 Å². The van der Waals surface area contributed by atoms with Crippen molar-refractivity contribution >= 4 is 0 Å². The summed E-state index contributed by atoms with van der Waals surface area (Å²) in [6.07, 6.45) is 0.685. The van der Waals surface area contributed by atoms with Crippen LogP contribution in [-0.2, 0) is 19.6 Å². The molecule has 0 aliphatic heterocycles. The van der Waals surface area contributed by atoms with Crippen LogP contribution in [0.4, 0.5) is 0 Å². The Morgan fingerprint density at radius 1 is 0.962 bits per heavy atom. The van der Waals surface area contributed by atoms with Crippen LogP contribution in [0.2, 0.25) is 0 Å². The maximum Gasteiger partial charge on any atom is 0.203 e. The number of aromatic hydroxyl groups is 2. The van der Waals surface area contributed by atoms with Crippen LogP contribution in [0.5, 0.6) is 28.7 Å². The molecule has 4 N–H and O–H groups in total. The number of benzene rings is 2. The number of phenols is 2. The normalized spacial score (nSPS) is 10.6. The number of hydrogen-bond donors (Lipinski definition) is 4. The van der Waals surface area contributed by atoms with E-state index in [0.29, 0.717) is 47.9 Å². The van der Waals surface area contributed by atoms with Crippen LogP contribution in [0, 0.1) is 0 Å². The highest BCUT2D eigenvalue weighted by molar-refractivity contribution is 5.54. The predicted molar refractivity (Wildman–Crippen MR) is 97.2 cm³/mol. The molecule has 26 heavy (non-hydrogen) atoms. The second-order valence-electron chi connectivity index (χ2n) is 5.69. The zero-order valence-corrected chi connectivity index (χ0v) is 15.2. The van der Waals surface area contributed by atoms with Crippen molar-refractivity contribution in [1.82, 2.24) is 5.32 Å². The lowest BCUT2D eigenvalue weighted by Crippen LogP contribution is -2.18. The van der Waals surface area contributed by atoms with E-state index in [4.69, 9.17) is 14.2 Å². The van der Waals surface area contributed by atoms with Crippen LogP contribution in [-0.4, -0.2) is 43.2 Å². The summed E-state index contributed by atoms with van der Waals surface area (Å²) in [5.74, 6) is 1.31. The third kappa shape index (κ3) is 4.30. The zero-order valence-electron chi connectivity index (χ0n) is 15.2. The van der Waals surface area contributed by atoms with Crippen molar-refractivity contribution in [2.75, 3.05) is 27.9 Å². The highest BCUT2D eigenvalue weighted by Crippen LogP contribution is 2.38. The number of aliphatic hydroxyl groups excluding tert-OH is 1. The van der Waals surface area contributed by atoms with Crippen molar-refractivity contribution in [3.8, 4) is 28.7 Å². The molecule has 0 saturated heterocycles. The molecule has 0 radical (unpaired) electrons. The summed E-state index contributed by atoms with van der Waals surface area (Å²) in [6, 6.07) is 6.72. The fourth-order valence-electron chi connectivity index (χ4n) is 2.74. The van der Waals surface area contributed by atoms with Crippen LogP contribution >= 0.6 is 0 Å². The number of ether oxygens (including phenoxy) is 3. The molecule has 2 aromatic carbocycles. The molecular weight excluding hydrogens is 338 g/mol. The first-order valence-electron chi connectivity index (χ1n) is 8.18. The van der Waals surface area contributed by atoms with Crippen molar-refractivity contribution in [3.63, 3.8) is 0 Å². The zero-order chi connectivity index (χ0) is 19.1. The van der Waals surface area contributed by atoms with Crippen LogP contribution in [0.25, 0.3) is 0 Å². The molecule has 0 saturated carbocycles. The second kappa shape index (κ2) is 9.17. The van der Waals surface area contributed by atoms with Gasteiger partial charge < -0.3 is 34.8 Å². The van der Waals surface area contributed by atoms with E-state index in [2.05, 4.69) is 5.32 Å². The second-order valence-corrected chi connectivity index (χ2v) is 5.69. The minimum Gasteiger partial charge on any atom is -0.504 e. The van der Waals surface area contributed by atoms with E-state index in [1.165, 1.54) is 6.07 Å². The predicted octanol–water partition coefficient (Wildman–Crippen LogP) is 1.95. The van der Waals surface area contributed by atoms with Crippen molar-refractivity contribution in [3.05, 3.63) is 41.0 Å². The molecule has 0 spiro atoms. The average molecular weight is 363 g/mol.